The molecule has 6 nitrogen and oxygen atoms in total. The van der Waals surface area contributed by atoms with Gasteiger partial charge in [-0.05, 0) is 5.56 Å². The summed E-state index contributed by atoms with van der Waals surface area (Å²) in [4.78, 5) is 24.9. The van der Waals surface area contributed by atoms with E-state index in [9.17, 15) is 18.9 Å². The first kappa shape index (κ1) is 15.5. The molecule has 7 heteroatoms. The molecule has 1 saturated heterocycles. The maximum Gasteiger partial charge on any atom is 0.317 e. The van der Waals surface area contributed by atoms with Crippen molar-refractivity contribution in [3.63, 3.8) is 0 Å². The number of nitrogens with zero attached hydrogens (tertiary/aromatic N) is 1. The van der Waals surface area contributed by atoms with Crippen LogP contribution in [-0.4, -0.2) is 57.4 Å². The predicted molar refractivity (Wildman–Crippen MR) is 79.7 cm³/mol. The highest BCUT2D eigenvalue weighted by molar-refractivity contribution is 7.85. The number of benzene rings is 1. The Kier molecular flexibility index (Phi) is 5.32. The van der Waals surface area contributed by atoms with Crippen molar-refractivity contribution in [3.8, 4) is 0 Å². The molecule has 0 spiro atoms. The van der Waals surface area contributed by atoms with Gasteiger partial charge in [-0.2, -0.15) is 0 Å². The molecule has 1 atom stereocenters. The summed E-state index contributed by atoms with van der Waals surface area (Å²) in [6.45, 7) is 0.931. The molecule has 114 valence electrons. The second kappa shape index (κ2) is 7.21. The Balaban J connectivity index is 1.92. The largest absolute Gasteiger partial charge is 0.481 e. The number of nitrogens with one attached hydrogen (secondary N) is 1. The molecular formula is C14H18N2O4S. The van der Waals surface area contributed by atoms with E-state index < -0.39 is 22.7 Å². The fraction of sp³-hybridized carbons (Fsp3) is 0.429. The topological polar surface area (TPSA) is 86.7 Å². The number of carboxylic acids is 1. The van der Waals surface area contributed by atoms with Gasteiger partial charge in [0.1, 0.15) is 0 Å². The molecule has 1 unspecified atom stereocenters. The lowest BCUT2D eigenvalue weighted by molar-refractivity contribution is -0.138. The summed E-state index contributed by atoms with van der Waals surface area (Å²) in [6, 6.07) is 8.52. The Morgan fingerprint density at radius 1 is 1.24 bits per heavy atom. The molecular weight excluding hydrogens is 292 g/mol. The minimum Gasteiger partial charge on any atom is -0.481 e. The van der Waals surface area contributed by atoms with E-state index in [-0.39, 0.29) is 12.6 Å². The molecule has 1 aliphatic heterocycles. The molecule has 0 bridgehead atoms. The van der Waals surface area contributed by atoms with Gasteiger partial charge in [-0.15, -0.1) is 0 Å². The highest BCUT2D eigenvalue weighted by Gasteiger charge is 2.23. The van der Waals surface area contributed by atoms with Crippen LogP contribution < -0.4 is 5.32 Å². The average molecular weight is 310 g/mol. The van der Waals surface area contributed by atoms with Gasteiger partial charge in [0, 0.05) is 41.9 Å². The number of hydrogen-bond donors (Lipinski definition) is 2. The van der Waals surface area contributed by atoms with Crippen LogP contribution in [0.5, 0.6) is 0 Å². The van der Waals surface area contributed by atoms with Gasteiger partial charge in [-0.3, -0.25) is 9.00 Å². The third-order valence-corrected chi connectivity index (χ3v) is 4.70. The molecule has 0 radical (unpaired) electrons. The van der Waals surface area contributed by atoms with Crippen LogP contribution in [0.15, 0.2) is 30.3 Å². The summed E-state index contributed by atoms with van der Waals surface area (Å²) in [5.41, 5.74) is 0.657. The Morgan fingerprint density at radius 3 is 2.43 bits per heavy atom. The number of amides is 2. The van der Waals surface area contributed by atoms with Crippen LogP contribution in [0.2, 0.25) is 0 Å². The van der Waals surface area contributed by atoms with Crippen LogP contribution in [0.25, 0.3) is 0 Å². The van der Waals surface area contributed by atoms with Gasteiger partial charge in [0.05, 0.1) is 5.92 Å². The maximum atomic E-state index is 12.0. The smallest absolute Gasteiger partial charge is 0.317 e. The van der Waals surface area contributed by atoms with E-state index in [2.05, 4.69) is 5.32 Å². The number of rotatable bonds is 4. The van der Waals surface area contributed by atoms with Crippen LogP contribution >= 0.6 is 0 Å². The van der Waals surface area contributed by atoms with E-state index in [4.69, 9.17) is 0 Å². The lowest BCUT2D eigenvalue weighted by Gasteiger charge is -2.27. The normalized spacial score (nSPS) is 17.2. The van der Waals surface area contributed by atoms with Gasteiger partial charge in [-0.1, -0.05) is 30.3 Å². The number of carbonyl (C=O) groups excluding carboxylic acids is 1. The number of urea groups is 1. The molecule has 1 fully saturated rings. The van der Waals surface area contributed by atoms with Gasteiger partial charge < -0.3 is 15.3 Å². The van der Waals surface area contributed by atoms with E-state index in [1.54, 1.807) is 29.2 Å². The molecule has 0 aliphatic carbocycles. The molecule has 1 aliphatic rings. The summed E-state index contributed by atoms with van der Waals surface area (Å²) in [7, 11) is -0.843. The van der Waals surface area contributed by atoms with Crippen molar-refractivity contribution in [2.45, 2.75) is 5.92 Å². The Labute approximate surface area is 125 Å². The molecule has 2 N–H and O–H groups in total. The first-order valence-corrected chi connectivity index (χ1v) is 8.22. The summed E-state index contributed by atoms with van der Waals surface area (Å²) in [6.07, 6.45) is 0. The van der Waals surface area contributed by atoms with E-state index in [1.807, 2.05) is 6.07 Å². The monoisotopic (exact) mass is 310 g/mol. The second-order valence-electron chi connectivity index (χ2n) is 4.82. The number of aliphatic carboxylic acids is 1. The summed E-state index contributed by atoms with van der Waals surface area (Å²) in [5.74, 6) is -0.779. The first-order valence-electron chi connectivity index (χ1n) is 6.73. The van der Waals surface area contributed by atoms with Crippen LogP contribution in [0.4, 0.5) is 4.79 Å². The molecule has 1 aromatic carbocycles. The molecule has 0 aromatic heterocycles. The van der Waals surface area contributed by atoms with Gasteiger partial charge in [0.2, 0.25) is 0 Å². The standard InChI is InChI=1S/C14H18N2O4S/c17-13(18)12(11-4-2-1-3-5-11)10-15-14(19)16-6-8-21(20)9-7-16/h1-5,12H,6-10H2,(H,15,19)(H,17,18). The van der Waals surface area contributed by atoms with Crippen molar-refractivity contribution >= 4 is 22.8 Å². The zero-order valence-electron chi connectivity index (χ0n) is 11.5. The molecule has 21 heavy (non-hydrogen) atoms. The molecule has 2 rings (SSSR count). The Hall–Kier alpha value is -1.89. The van der Waals surface area contributed by atoms with Crippen molar-refractivity contribution in [2.24, 2.45) is 0 Å². The van der Waals surface area contributed by atoms with Crippen molar-refractivity contribution < 1.29 is 18.9 Å². The number of hydrogen-bond acceptors (Lipinski definition) is 3. The lowest BCUT2D eigenvalue weighted by atomic mass is 9.99. The summed E-state index contributed by atoms with van der Waals surface area (Å²) in [5, 5.41) is 11.9. The van der Waals surface area contributed by atoms with E-state index in [1.165, 1.54) is 0 Å². The third-order valence-electron chi connectivity index (χ3n) is 3.42. The van der Waals surface area contributed by atoms with Gasteiger partial charge in [0.15, 0.2) is 0 Å². The van der Waals surface area contributed by atoms with E-state index in [0.717, 1.165) is 0 Å². The summed E-state index contributed by atoms with van der Waals surface area (Å²) >= 11 is 0. The molecule has 1 aromatic rings. The van der Waals surface area contributed by atoms with Crippen molar-refractivity contribution in [2.75, 3.05) is 31.1 Å². The Bertz CT molecular complexity index is 525. The Morgan fingerprint density at radius 2 is 1.86 bits per heavy atom. The van der Waals surface area contributed by atoms with Crippen molar-refractivity contribution in [3.05, 3.63) is 35.9 Å². The van der Waals surface area contributed by atoms with E-state index >= 15 is 0 Å². The fourth-order valence-electron chi connectivity index (χ4n) is 2.18. The average Bonchev–Trinajstić information content (AvgIpc) is 2.48. The molecule has 1 heterocycles. The van der Waals surface area contributed by atoms with Crippen LogP contribution in [0, 0.1) is 0 Å². The van der Waals surface area contributed by atoms with Gasteiger partial charge in [-0.25, -0.2) is 4.79 Å². The van der Waals surface area contributed by atoms with Crippen molar-refractivity contribution in [1.29, 1.82) is 0 Å². The molecule has 0 saturated carbocycles. The molecule has 2 amide bonds. The number of carbonyl (C=O) groups is 2. The highest BCUT2D eigenvalue weighted by atomic mass is 32.2. The van der Waals surface area contributed by atoms with Crippen LogP contribution in [0.3, 0.4) is 0 Å². The van der Waals surface area contributed by atoms with Crippen LogP contribution in [0.1, 0.15) is 11.5 Å². The first-order chi connectivity index (χ1) is 10.1. The van der Waals surface area contributed by atoms with Gasteiger partial charge >= 0.3 is 12.0 Å². The quantitative estimate of drug-likeness (QED) is 0.854. The van der Waals surface area contributed by atoms with Crippen LogP contribution in [-0.2, 0) is 15.6 Å². The SMILES string of the molecule is O=C(O)C(CNC(=O)N1CCS(=O)CC1)c1ccccc1. The van der Waals surface area contributed by atoms with Crippen molar-refractivity contribution in [1.82, 2.24) is 10.2 Å². The third kappa shape index (κ3) is 4.29. The second-order valence-corrected chi connectivity index (χ2v) is 6.52. The zero-order valence-corrected chi connectivity index (χ0v) is 12.3. The fourth-order valence-corrected chi connectivity index (χ4v) is 3.23. The van der Waals surface area contributed by atoms with E-state index in [0.29, 0.717) is 30.2 Å². The highest BCUT2D eigenvalue weighted by Crippen LogP contribution is 2.15. The van der Waals surface area contributed by atoms with Gasteiger partial charge in [0.25, 0.3) is 0 Å². The maximum absolute atomic E-state index is 12.0. The minimum atomic E-state index is -0.971. The minimum absolute atomic E-state index is 0.0395. The zero-order chi connectivity index (χ0) is 15.2. The predicted octanol–water partition coefficient (Wildman–Crippen LogP) is 0.629. The lowest BCUT2D eigenvalue weighted by Crippen LogP contribution is -2.48. The summed E-state index contributed by atoms with van der Waals surface area (Å²) < 4.78 is 11.2. The number of carboxylic acid groups (broad SMARTS) is 1.